The molecule has 7 heteroatoms. The van der Waals surface area contributed by atoms with Crippen LogP contribution in [-0.2, 0) is 16.1 Å². The molecule has 0 spiro atoms. The summed E-state index contributed by atoms with van der Waals surface area (Å²) in [5.41, 5.74) is 2.10. The molecular formula is C24H28BrClN2O3. The van der Waals surface area contributed by atoms with Crippen molar-refractivity contribution in [2.75, 3.05) is 6.61 Å². The van der Waals surface area contributed by atoms with Gasteiger partial charge in [0.05, 0.1) is 5.02 Å². The second-order valence-corrected chi connectivity index (χ2v) is 9.36. The van der Waals surface area contributed by atoms with Crippen LogP contribution in [0.2, 0.25) is 5.02 Å². The van der Waals surface area contributed by atoms with Gasteiger partial charge in [0.1, 0.15) is 11.8 Å². The van der Waals surface area contributed by atoms with E-state index in [1.54, 1.807) is 30.0 Å². The molecule has 1 atom stereocenters. The number of benzene rings is 2. The summed E-state index contributed by atoms with van der Waals surface area (Å²) in [6.45, 7) is 3.91. The first kappa shape index (κ1) is 23.6. The fourth-order valence-electron chi connectivity index (χ4n) is 3.68. The minimum absolute atomic E-state index is 0.131. The predicted octanol–water partition coefficient (Wildman–Crippen LogP) is 5.27. The smallest absolute Gasteiger partial charge is 0.261 e. The highest BCUT2D eigenvalue weighted by atomic mass is 79.9. The Morgan fingerprint density at radius 1 is 1.19 bits per heavy atom. The van der Waals surface area contributed by atoms with Crippen LogP contribution in [0.5, 0.6) is 5.75 Å². The average Bonchev–Trinajstić information content (AvgIpc) is 3.25. The summed E-state index contributed by atoms with van der Waals surface area (Å²) in [5.74, 6) is 0.0271. The van der Waals surface area contributed by atoms with E-state index in [1.807, 2.05) is 31.2 Å². The normalized spacial score (nSPS) is 14.8. The van der Waals surface area contributed by atoms with Gasteiger partial charge in [-0.25, -0.2) is 0 Å². The lowest BCUT2D eigenvalue weighted by Crippen LogP contribution is -2.50. The SMILES string of the molecule is Cc1ccc(CN(C(=O)COc2ccc(Br)cc2Cl)C(C)C(=O)NC2CCCC2)cc1. The third-order valence-corrected chi connectivity index (χ3v) is 6.38. The summed E-state index contributed by atoms with van der Waals surface area (Å²) in [5, 5.41) is 3.51. The van der Waals surface area contributed by atoms with Crippen molar-refractivity contribution < 1.29 is 14.3 Å². The van der Waals surface area contributed by atoms with Crippen molar-refractivity contribution in [3.05, 3.63) is 63.1 Å². The zero-order valence-corrected chi connectivity index (χ0v) is 20.2. The number of carbonyl (C=O) groups is 2. The van der Waals surface area contributed by atoms with E-state index < -0.39 is 6.04 Å². The number of nitrogens with one attached hydrogen (secondary N) is 1. The monoisotopic (exact) mass is 506 g/mol. The van der Waals surface area contributed by atoms with E-state index in [4.69, 9.17) is 16.3 Å². The number of ether oxygens (including phenoxy) is 1. The van der Waals surface area contributed by atoms with Gasteiger partial charge in [-0.3, -0.25) is 9.59 Å². The molecule has 2 aromatic rings. The molecule has 1 unspecified atom stereocenters. The maximum atomic E-state index is 13.1. The van der Waals surface area contributed by atoms with Gasteiger partial charge < -0.3 is 15.0 Å². The molecule has 31 heavy (non-hydrogen) atoms. The van der Waals surface area contributed by atoms with E-state index >= 15 is 0 Å². The number of hydrogen-bond acceptors (Lipinski definition) is 3. The Kier molecular flexibility index (Phi) is 8.38. The van der Waals surface area contributed by atoms with Crippen LogP contribution in [0.4, 0.5) is 0 Å². The maximum Gasteiger partial charge on any atom is 0.261 e. The topological polar surface area (TPSA) is 58.6 Å². The van der Waals surface area contributed by atoms with E-state index in [2.05, 4.69) is 21.2 Å². The highest BCUT2D eigenvalue weighted by molar-refractivity contribution is 9.10. The second kappa shape index (κ2) is 11.0. The van der Waals surface area contributed by atoms with Crippen LogP contribution in [0.3, 0.4) is 0 Å². The molecule has 1 N–H and O–H groups in total. The van der Waals surface area contributed by atoms with Crippen molar-refractivity contribution >= 4 is 39.3 Å². The van der Waals surface area contributed by atoms with Gasteiger partial charge in [0.2, 0.25) is 5.91 Å². The quantitative estimate of drug-likeness (QED) is 0.530. The summed E-state index contributed by atoms with van der Waals surface area (Å²) in [6.07, 6.45) is 4.26. The number of nitrogens with zero attached hydrogens (tertiary/aromatic N) is 1. The molecule has 1 saturated carbocycles. The van der Waals surface area contributed by atoms with E-state index in [9.17, 15) is 9.59 Å². The number of amides is 2. The first-order valence-electron chi connectivity index (χ1n) is 10.6. The molecule has 2 aromatic carbocycles. The summed E-state index contributed by atoms with van der Waals surface area (Å²) in [4.78, 5) is 27.6. The number of carbonyl (C=O) groups excluding carboxylic acids is 2. The molecule has 166 valence electrons. The zero-order chi connectivity index (χ0) is 22.4. The molecule has 5 nitrogen and oxygen atoms in total. The summed E-state index contributed by atoms with van der Waals surface area (Å²) < 4.78 is 6.51. The molecule has 0 heterocycles. The van der Waals surface area contributed by atoms with Gasteiger partial charge in [0.15, 0.2) is 6.61 Å². The fourth-order valence-corrected chi connectivity index (χ4v) is 4.41. The van der Waals surface area contributed by atoms with Crippen LogP contribution in [-0.4, -0.2) is 35.4 Å². The molecule has 0 radical (unpaired) electrons. The first-order valence-corrected chi connectivity index (χ1v) is 11.7. The van der Waals surface area contributed by atoms with Crippen molar-refractivity contribution in [2.24, 2.45) is 0 Å². The van der Waals surface area contributed by atoms with Crippen LogP contribution in [0.15, 0.2) is 46.9 Å². The number of halogens is 2. The molecule has 2 amide bonds. The first-order chi connectivity index (χ1) is 14.8. The third-order valence-electron chi connectivity index (χ3n) is 5.59. The van der Waals surface area contributed by atoms with Gasteiger partial charge in [-0.2, -0.15) is 0 Å². The second-order valence-electron chi connectivity index (χ2n) is 8.04. The van der Waals surface area contributed by atoms with Crippen molar-refractivity contribution in [3.8, 4) is 5.75 Å². The van der Waals surface area contributed by atoms with Crippen molar-refractivity contribution in [2.45, 2.75) is 58.2 Å². The van der Waals surface area contributed by atoms with Crippen molar-refractivity contribution in [3.63, 3.8) is 0 Å². The summed E-state index contributed by atoms with van der Waals surface area (Å²) in [6, 6.07) is 12.8. The Balaban J connectivity index is 1.72. The highest BCUT2D eigenvalue weighted by Crippen LogP contribution is 2.28. The molecular weight excluding hydrogens is 480 g/mol. The van der Waals surface area contributed by atoms with E-state index in [0.29, 0.717) is 17.3 Å². The molecule has 0 aliphatic heterocycles. The molecule has 3 rings (SSSR count). The lowest BCUT2D eigenvalue weighted by atomic mass is 10.1. The van der Waals surface area contributed by atoms with Gasteiger partial charge in [0.25, 0.3) is 5.91 Å². The van der Waals surface area contributed by atoms with E-state index in [-0.39, 0.29) is 24.5 Å². The molecule has 1 aliphatic rings. The largest absolute Gasteiger partial charge is 0.482 e. The Labute approximate surface area is 197 Å². The third kappa shape index (κ3) is 6.71. The zero-order valence-electron chi connectivity index (χ0n) is 17.9. The minimum atomic E-state index is -0.613. The van der Waals surface area contributed by atoms with Gasteiger partial charge in [-0.1, -0.05) is 70.2 Å². The van der Waals surface area contributed by atoms with Crippen LogP contribution in [0.25, 0.3) is 0 Å². The molecule has 1 aliphatic carbocycles. The molecule has 0 saturated heterocycles. The lowest BCUT2D eigenvalue weighted by molar-refractivity contribution is -0.142. The van der Waals surface area contributed by atoms with E-state index in [1.165, 1.54) is 0 Å². The number of hydrogen-bond donors (Lipinski definition) is 1. The Bertz CT molecular complexity index is 914. The van der Waals surface area contributed by atoms with Gasteiger partial charge >= 0.3 is 0 Å². The molecule has 1 fully saturated rings. The van der Waals surface area contributed by atoms with Crippen LogP contribution in [0.1, 0.15) is 43.7 Å². The van der Waals surface area contributed by atoms with Gasteiger partial charge in [-0.05, 0) is 50.5 Å². The Morgan fingerprint density at radius 2 is 1.87 bits per heavy atom. The number of rotatable bonds is 8. The van der Waals surface area contributed by atoms with Crippen LogP contribution >= 0.6 is 27.5 Å². The van der Waals surface area contributed by atoms with Gasteiger partial charge in [-0.15, -0.1) is 0 Å². The maximum absolute atomic E-state index is 13.1. The minimum Gasteiger partial charge on any atom is -0.482 e. The Hall–Kier alpha value is -2.05. The summed E-state index contributed by atoms with van der Waals surface area (Å²) >= 11 is 9.55. The number of aryl methyl sites for hydroxylation is 1. The predicted molar refractivity (Wildman–Crippen MR) is 126 cm³/mol. The summed E-state index contributed by atoms with van der Waals surface area (Å²) in [7, 11) is 0. The van der Waals surface area contributed by atoms with E-state index in [0.717, 1.165) is 41.3 Å². The van der Waals surface area contributed by atoms with Crippen molar-refractivity contribution in [1.82, 2.24) is 10.2 Å². The fraction of sp³-hybridized carbons (Fsp3) is 0.417. The molecule has 0 aromatic heterocycles. The lowest BCUT2D eigenvalue weighted by Gasteiger charge is -2.29. The van der Waals surface area contributed by atoms with Crippen LogP contribution in [0, 0.1) is 6.92 Å². The van der Waals surface area contributed by atoms with Gasteiger partial charge in [0, 0.05) is 17.1 Å². The van der Waals surface area contributed by atoms with Crippen LogP contribution < -0.4 is 10.1 Å². The average molecular weight is 508 g/mol. The van der Waals surface area contributed by atoms with Crippen molar-refractivity contribution in [1.29, 1.82) is 0 Å². The Morgan fingerprint density at radius 3 is 2.52 bits per heavy atom. The standard InChI is InChI=1S/C24H28BrClN2O3/c1-16-7-9-18(10-8-16)14-28(17(2)24(30)27-20-5-3-4-6-20)23(29)15-31-22-12-11-19(25)13-21(22)26/h7-13,17,20H,3-6,14-15H2,1-2H3,(H,27,30). The highest BCUT2D eigenvalue weighted by Gasteiger charge is 2.28. The molecule has 0 bridgehead atoms.